The maximum atomic E-state index is 13.4. The number of rotatable bonds is 7. The SMILES string of the molecule is CC(C)(C)[C@H]([NH3+])C(=O)N1C[C@@H]2CCC[C@@H]2[C@H]1C(=O)NC(CC1CCC1)C(=O)C(N)=O. The second-order valence-electron chi connectivity index (χ2n) is 10.5. The lowest BCUT2D eigenvalue weighted by molar-refractivity contribution is -0.428. The molecule has 30 heavy (non-hydrogen) atoms. The molecule has 3 aliphatic rings. The van der Waals surface area contributed by atoms with Crippen molar-refractivity contribution in [2.75, 3.05) is 6.54 Å². The van der Waals surface area contributed by atoms with Crippen LogP contribution in [0.5, 0.6) is 0 Å². The molecule has 3 fully saturated rings. The zero-order valence-electron chi connectivity index (χ0n) is 18.5. The standard InChI is InChI=1S/C22H36N4O4/c1-22(2,3)18(23)21(30)26-11-13-8-5-9-14(13)16(26)20(29)25-15(17(27)19(24)28)10-12-6-4-7-12/h12-16,18H,4-11,23H2,1-3H3,(H2,24,28)(H,25,29)/p+1/t13-,14-,15?,16-,18+/m0/s1. The summed E-state index contributed by atoms with van der Waals surface area (Å²) in [5.41, 5.74) is 9.00. The van der Waals surface area contributed by atoms with Gasteiger partial charge in [-0.25, -0.2) is 0 Å². The van der Waals surface area contributed by atoms with E-state index in [9.17, 15) is 19.2 Å². The number of carbonyl (C=O) groups excluding carboxylic acids is 4. The van der Waals surface area contributed by atoms with Gasteiger partial charge in [0.2, 0.25) is 11.7 Å². The lowest BCUT2D eigenvalue weighted by atomic mass is 9.80. The number of amides is 3. The van der Waals surface area contributed by atoms with Gasteiger partial charge >= 0.3 is 0 Å². The van der Waals surface area contributed by atoms with Gasteiger partial charge in [-0.2, -0.15) is 0 Å². The van der Waals surface area contributed by atoms with Gasteiger partial charge in [-0.15, -0.1) is 0 Å². The van der Waals surface area contributed by atoms with Crippen LogP contribution in [0.15, 0.2) is 0 Å². The average Bonchev–Trinajstić information content (AvgIpc) is 3.21. The molecule has 0 spiro atoms. The van der Waals surface area contributed by atoms with E-state index in [-0.39, 0.29) is 23.1 Å². The van der Waals surface area contributed by atoms with E-state index in [1.807, 2.05) is 20.8 Å². The van der Waals surface area contributed by atoms with Crippen LogP contribution >= 0.6 is 0 Å². The smallest absolute Gasteiger partial charge is 0.287 e. The lowest BCUT2D eigenvalue weighted by Gasteiger charge is -2.33. The van der Waals surface area contributed by atoms with Crippen LogP contribution in [0.1, 0.15) is 65.7 Å². The Hall–Kier alpha value is -1.96. The van der Waals surface area contributed by atoms with Crippen LogP contribution in [0.25, 0.3) is 0 Å². The fraction of sp³-hybridized carbons (Fsp3) is 0.818. The van der Waals surface area contributed by atoms with Crippen LogP contribution in [0, 0.1) is 23.2 Å². The minimum atomic E-state index is -1.02. The Kier molecular flexibility index (Phi) is 6.55. The zero-order valence-corrected chi connectivity index (χ0v) is 18.5. The Balaban J connectivity index is 1.79. The zero-order chi connectivity index (χ0) is 22.2. The van der Waals surface area contributed by atoms with E-state index in [0.29, 0.717) is 24.8 Å². The molecule has 8 nitrogen and oxygen atoms in total. The average molecular weight is 422 g/mol. The van der Waals surface area contributed by atoms with Crippen molar-refractivity contribution in [1.29, 1.82) is 0 Å². The van der Waals surface area contributed by atoms with Gasteiger partial charge in [0.15, 0.2) is 6.04 Å². The molecule has 6 N–H and O–H groups in total. The number of hydrogen-bond acceptors (Lipinski definition) is 4. The van der Waals surface area contributed by atoms with Gasteiger partial charge in [-0.05, 0) is 37.0 Å². The van der Waals surface area contributed by atoms with Gasteiger partial charge in [0.1, 0.15) is 6.04 Å². The normalized spacial score (nSPS) is 28.4. The van der Waals surface area contributed by atoms with E-state index in [0.717, 1.165) is 38.5 Å². The molecule has 3 amide bonds. The molecule has 1 unspecified atom stereocenters. The van der Waals surface area contributed by atoms with Crippen LogP contribution in [-0.2, 0) is 19.2 Å². The number of Topliss-reactive ketones (excluding diaryl/α,β-unsaturated/α-hetero) is 1. The first-order chi connectivity index (χ1) is 14.0. The summed E-state index contributed by atoms with van der Waals surface area (Å²) in [6, 6.07) is -1.98. The highest BCUT2D eigenvalue weighted by molar-refractivity contribution is 6.37. The Morgan fingerprint density at radius 1 is 1.10 bits per heavy atom. The molecule has 1 saturated heterocycles. The molecule has 0 radical (unpaired) electrons. The predicted octanol–water partition coefficient (Wildman–Crippen LogP) is -0.000500. The largest absolute Gasteiger partial charge is 0.363 e. The topological polar surface area (TPSA) is 137 Å². The molecule has 8 heteroatoms. The van der Waals surface area contributed by atoms with E-state index in [4.69, 9.17) is 5.73 Å². The fourth-order valence-corrected chi connectivity index (χ4v) is 5.16. The molecular formula is C22H37N4O4+. The third-order valence-electron chi connectivity index (χ3n) is 7.46. The first kappa shape index (κ1) is 22.7. The molecule has 0 aromatic carbocycles. The number of likely N-dealkylation sites (tertiary alicyclic amines) is 1. The second-order valence-corrected chi connectivity index (χ2v) is 10.5. The van der Waals surface area contributed by atoms with Crippen LogP contribution in [0.3, 0.4) is 0 Å². The highest BCUT2D eigenvalue weighted by Gasteiger charge is 2.52. The molecule has 168 valence electrons. The van der Waals surface area contributed by atoms with Gasteiger partial charge in [0, 0.05) is 12.0 Å². The number of hydrogen-bond donors (Lipinski definition) is 3. The maximum absolute atomic E-state index is 13.4. The first-order valence-electron chi connectivity index (χ1n) is 11.3. The number of nitrogens with zero attached hydrogens (tertiary/aromatic N) is 1. The molecule has 1 heterocycles. The number of fused-ring (bicyclic) bond motifs is 1. The van der Waals surface area contributed by atoms with Crippen molar-refractivity contribution in [2.24, 2.45) is 28.9 Å². The Bertz CT molecular complexity index is 712. The fourth-order valence-electron chi connectivity index (χ4n) is 5.16. The molecule has 0 bridgehead atoms. The van der Waals surface area contributed by atoms with Gasteiger partial charge < -0.3 is 21.7 Å². The summed E-state index contributed by atoms with van der Waals surface area (Å²) < 4.78 is 0. The number of quaternary nitrogens is 1. The van der Waals surface area contributed by atoms with Crippen LogP contribution in [0.2, 0.25) is 0 Å². The van der Waals surface area contributed by atoms with Crippen molar-refractivity contribution in [3.8, 4) is 0 Å². The number of primary amides is 1. The summed E-state index contributed by atoms with van der Waals surface area (Å²) in [7, 11) is 0. The van der Waals surface area contributed by atoms with Crippen molar-refractivity contribution >= 4 is 23.5 Å². The molecule has 2 saturated carbocycles. The second kappa shape index (κ2) is 8.65. The first-order valence-corrected chi connectivity index (χ1v) is 11.3. The number of nitrogens with two attached hydrogens (primary N) is 1. The third kappa shape index (κ3) is 4.53. The molecule has 0 aromatic heterocycles. The van der Waals surface area contributed by atoms with E-state index >= 15 is 0 Å². The number of ketones is 1. The number of carbonyl (C=O) groups is 4. The van der Waals surface area contributed by atoms with Gasteiger partial charge in [0.05, 0.1) is 6.04 Å². The molecule has 5 atom stereocenters. The summed E-state index contributed by atoms with van der Waals surface area (Å²) in [6.45, 7) is 6.46. The van der Waals surface area contributed by atoms with Crippen molar-refractivity contribution in [3.05, 3.63) is 0 Å². The van der Waals surface area contributed by atoms with Crippen molar-refractivity contribution in [3.63, 3.8) is 0 Å². The molecule has 0 aromatic rings. The monoisotopic (exact) mass is 421 g/mol. The highest BCUT2D eigenvalue weighted by Crippen LogP contribution is 2.43. The van der Waals surface area contributed by atoms with Gasteiger partial charge in [0.25, 0.3) is 11.8 Å². The summed E-state index contributed by atoms with van der Waals surface area (Å²) in [4.78, 5) is 52.2. The van der Waals surface area contributed by atoms with Crippen LogP contribution in [0.4, 0.5) is 0 Å². The molecular weight excluding hydrogens is 384 g/mol. The Labute approximate surface area is 178 Å². The van der Waals surface area contributed by atoms with E-state index in [1.165, 1.54) is 0 Å². The lowest BCUT2D eigenvalue weighted by Crippen LogP contribution is -2.73. The summed E-state index contributed by atoms with van der Waals surface area (Å²) in [5, 5.41) is 2.81. The summed E-state index contributed by atoms with van der Waals surface area (Å²) in [6.07, 6.45) is 6.45. The summed E-state index contributed by atoms with van der Waals surface area (Å²) in [5.74, 6) is -1.51. The highest BCUT2D eigenvalue weighted by atomic mass is 16.2. The summed E-state index contributed by atoms with van der Waals surface area (Å²) >= 11 is 0. The molecule has 1 aliphatic heterocycles. The Morgan fingerprint density at radius 3 is 2.27 bits per heavy atom. The van der Waals surface area contributed by atoms with Crippen molar-refractivity contribution in [1.82, 2.24) is 10.2 Å². The van der Waals surface area contributed by atoms with Crippen molar-refractivity contribution in [2.45, 2.75) is 83.8 Å². The van der Waals surface area contributed by atoms with Crippen LogP contribution in [-0.4, -0.2) is 53.1 Å². The maximum Gasteiger partial charge on any atom is 0.287 e. The number of nitrogens with one attached hydrogen (secondary N) is 1. The van der Waals surface area contributed by atoms with Gasteiger partial charge in [-0.1, -0.05) is 46.5 Å². The third-order valence-corrected chi connectivity index (χ3v) is 7.46. The Morgan fingerprint density at radius 2 is 1.73 bits per heavy atom. The van der Waals surface area contributed by atoms with E-state index in [1.54, 1.807) is 4.90 Å². The van der Waals surface area contributed by atoms with Crippen molar-refractivity contribution < 1.29 is 24.9 Å². The predicted molar refractivity (Wildman–Crippen MR) is 111 cm³/mol. The molecule has 2 aliphatic carbocycles. The van der Waals surface area contributed by atoms with Gasteiger partial charge in [-0.3, -0.25) is 19.2 Å². The van der Waals surface area contributed by atoms with E-state index in [2.05, 4.69) is 11.1 Å². The van der Waals surface area contributed by atoms with Crippen LogP contribution < -0.4 is 16.8 Å². The van der Waals surface area contributed by atoms with E-state index < -0.39 is 29.8 Å². The molecule has 3 rings (SSSR count). The minimum absolute atomic E-state index is 0.0918. The quantitative estimate of drug-likeness (QED) is 0.498. The minimum Gasteiger partial charge on any atom is -0.363 e.